The van der Waals surface area contributed by atoms with Crippen LogP contribution in [0, 0.1) is 11.8 Å². The van der Waals surface area contributed by atoms with Crippen LogP contribution in [0.15, 0.2) is 24.3 Å². The van der Waals surface area contributed by atoms with Crippen LogP contribution in [0.2, 0.25) is 0 Å². The van der Waals surface area contributed by atoms with Gasteiger partial charge >= 0.3 is 0 Å². The van der Waals surface area contributed by atoms with Crippen molar-refractivity contribution in [3.05, 3.63) is 35.4 Å². The molecule has 0 aliphatic carbocycles. The van der Waals surface area contributed by atoms with E-state index in [2.05, 4.69) is 57.3 Å². The molecule has 0 aromatic heterocycles. The van der Waals surface area contributed by atoms with Gasteiger partial charge < -0.3 is 5.32 Å². The lowest BCUT2D eigenvalue weighted by molar-refractivity contribution is 0.470. The number of benzene rings is 1. The van der Waals surface area contributed by atoms with Gasteiger partial charge in [-0.25, -0.2) is 0 Å². The molecule has 0 saturated heterocycles. The molecule has 114 valence electrons. The first kappa shape index (κ1) is 17.2. The highest BCUT2D eigenvalue weighted by Gasteiger charge is 2.03. The molecule has 0 heterocycles. The molecule has 1 aromatic rings. The third-order valence-electron chi connectivity index (χ3n) is 3.83. The Kier molecular flexibility index (Phi) is 8.60. The van der Waals surface area contributed by atoms with Gasteiger partial charge in [0.2, 0.25) is 0 Å². The van der Waals surface area contributed by atoms with Crippen molar-refractivity contribution in [3.8, 4) is 0 Å². The van der Waals surface area contributed by atoms with Crippen LogP contribution in [0.1, 0.15) is 58.1 Å². The molecule has 0 radical (unpaired) electrons. The first-order chi connectivity index (χ1) is 9.61. The van der Waals surface area contributed by atoms with Crippen LogP contribution in [0.5, 0.6) is 0 Å². The van der Waals surface area contributed by atoms with Crippen LogP contribution in [0.3, 0.4) is 0 Å². The van der Waals surface area contributed by atoms with Gasteiger partial charge in [-0.15, -0.1) is 0 Å². The van der Waals surface area contributed by atoms with Crippen LogP contribution in [0.4, 0.5) is 0 Å². The van der Waals surface area contributed by atoms with Crippen LogP contribution >= 0.6 is 0 Å². The normalized spacial score (nSPS) is 12.8. The Hall–Kier alpha value is -0.820. The highest BCUT2D eigenvalue weighted by Crippen LogP contribution is 2.14. The van der Waals surface area contributed by atoms with Crippen molar-refractivity contribution in [1.82, 2.24) is 5.32 Å². The number of aryl methyl sites for hydroxylation is 1. The van der Waals surface area contributed by atoms with Gasteiger partial charge in [-0.3, -0.25) is 0 Å². The van der Waals surface area contributed by atoms with E-state index in [4.69, 9.17) is 0 Å². The maximum atomic E-state index is 3.49. The molecule has 0 saturated carbocycles. The Labute approximate surface area is 126 Å². The van der Waals surface area contributed by atoms with Crippen LogP contribution in [-0.2, 0) is 12.8 Å². The third-order valence-corrected chi connectivity index (χ3v) is 3.83. The SMILES string of the molecule is CCCNCCC(C)CCc1ccc(CC(C)C)cc1. The van der Waals surface area contributed by atoms with E-state index in [-0.39, 0.29) is 0 Å². The number of nitrogens with one attached hydrogen (secondary N) is 1. The molecular formula is C19H33N. The van der Waals surface area contributed by atoms with Gasteiger partial charge in [-0.1, -0.05) is 52.0 Å². The fourth-order valence-electron chi connectivity index (χ4n) is 2.52. The lowest BCUT2D eigenvalue weighted by atomic mass is 9.96. The fraction of sp³-hybridized carbons (Fsp3) is 0.684. The molecule has 1 rings (SSSR count). The molecule has 1 N–H and O–H groups in total. The summed E-state index contributed by atoms with van der Waals surface area (Å²) in [6.07, 6.45) is 6.25. The minimum atomic E-state index is 0.747. The zero-order valence-electron chi connectivity index (χ0n) is 13.9. The monoisotopic (exact) mass is 275 g/mol. The van der Waals surface area contributed by atoms with E-state index in [1.165, 1.54) is 49.8 Å². The molecule has 1 nitrogen and oxygen atoms in total. The summed E-state index contributed by atoms with van der Waals surface area (Å²) in [6.45, 7) is 11.5. The molecule has 1 heteroatoms. The quantitative estimate of drug-likeness (QED) is 0.602. The Morgan fingerprint density at radius 1 is 0.900 bits per heavy atom. The zero-order chi connectivity index (χ0) is 14.8. The van der Waals surface area contributed by atoms with Crippen molar-refractivity contribution in [3.63, 3.8) is 0 Å². The molecular weight excluding hydrogens is 242 g/mol. The summed E-state index contributed by atoms with van der Waals surface area (Å²) in [5, 5.41) is 3.49. The maximum Gasteiger partial charge on any atom is -0.00464 e. The molecule has 0 spiro atoms. The van der Waals surface area contributed by atoms with Crippen LogP contribution in [0.25, 0.3) is 0 Å². The summed E-state index contributed by atoms with van der Waals surface area (Å²) in [5.41, 5.74) is 2.96. The molecule has 1 aromatic carbocycles. The topological polar surface area (TPSA) is 12.0 Å². The smallest absolute Gasteiger partial charge is 0.00464 e. The highest BCUT2D eigenvalue weighted by molar-refractivity contribution is 5.22. The number of hydrogen-bond acceptors (Lipinski definition) is 1. The molecule has 0 aliphatic heterocycles. The molecule has 0 bridgehead atoms. The largest absolute Gasteiger partial charge is 0.317 e. The lowest BCUT2D eigenvalue weighted by Gasteiger charge is -2.12. The molecule has 20 heavy (non-hydrogen) atoms. The van der Waals surface area contributed by atoms with E-state index in [9.17, 15) is 0 Å². The summed E-state index contributed by atoms with van der Waals surface area (Å²) in [7, 11) is 0. The van der Waals surface area contributed by atoms with E-state index in [1.54, 1.807) is 0 Å². The van der Waals surface area contributed by atoms with Crippen molar-refractivity contribution in [2.45, 2.75) is 59.8 Å². The summed E-state index contributed by atoms with van der Waals surface area (Å²) >= 11 is 0. The Morgan fingerprint density at radius 2 is 1.55 bits per heavy atom. The summed E-state index contributed by atoms with van der Waals surface area (Å²) in [5.74, 6) is 1.56. The second-order valence-corrected chi connectivity index (χ2v) is 6.60. The summed E-state index contributed by atoms with van der Waals surface area (Å²) in [4.78, 5) is 0. The van der Waals surface area contributed by atoms with Crippen molar-refractivity contribution < 1.29 is 0 Å². The van der Waals surface area contributed by atoms with Gasteiger partial charge in [0.25, 0.3) is 0 Å². The molecule has 1 atom stereocenters. The first-order valence-electron chi connectivity index (χ1n) is 8.40. The van der Waals surface area contributed by atoms with E-state index in [1.807, 2.05) is 0 Å². The number of hydrogen-bond donors (Lipinski definition) is 1. The van der Waals surface area contributed by atoms with Gasteiger partial charge in [0.05, 0.1) is 0 Å². The van der Waals surface area contributed by atoms with Gasteiger partial charge in [0, 0.05) is 0 Å². The van der Waals surface area contributed by atoms with Gasteiger partial charge in [-0.05, 0) is 68.2 Å². The lowest BCUT2D eigenvalue weighted by Crippen LogP contribution is -2.18. The van der Waals surface area contributed by atoms with E-state index in [0.29, 0.717) is 0 Å². The highest BCUT2D eigenvalue weighted by atomic mass is 14.8. The minimum Gasteiger partial charge on any atom is -0.317 e. The second kappa shape index (κ2) is 9.99. The molecule has 0 fully saturated rings. The van der Waals surface area contributed by atoms with Crippen molar-refractivity contribution in [1.29, 1.82) is 0 Å². The fourth-order valence-corrected chi connectivity index (χ4v) is 2.52. The summed E-state index contributed by atoms with van der Waals surface area (Å²) < 4.78 is 0. The van der Waals surface area contributed by atoms with E-state index >= 15 is 0 Å². The maximum absolute atomic E-state index is 3.49. The number of rotatable bonds is 10. The first-order valence-corrected chi connectivity index (χ1v) is 8.40. The average Bonchev–Trinajstić information content (AvgIpc) is 2.42. The molecule has 1 unspecified atom stereocenters. The Morgan fingerprint density at radius 3 is 2.15 bits per heavy atom. The van der Waals surface area contributed by atoms with Gasteiger partial charge in [0.1, 0.15) is 0 Å². The Bertz CT molecular complexity index is 339. The average molecular weight is 275 g/mol. The Balaban J connectivity index is 2.23. The van der Waals surface area contributed by atoms with E-state index < -0.39 is 0 Å². The summed E-state index contributed by atoms with van der Waals surface area (Å²) in [6, 6.07) is 9.26. The molecule has 0 aliphatic rings. The predicted molar refractivity (Wildman–Crippen MR) is 90.2 cm³/mol. The van der Waals surface area contributed by atoms with Crippen molar-refractivity contribution in [2.75, 3.05) is 13.1 Å². The van der Waals surface area contributed by atoms with Crippen molar-refractivity contribution in [2.24, 2.45) is 11.8 Å². The van der Waals surface area contributed by atoms with Gasteiger partial charge in [0.15, 0.2) is 0 Å². The predicted octanol–water partition coefficient (Wildman–Crippen LogP) is 4.84. The standard InChI is InChI=1S/C19H33N/c1-5-13-20-14-12-17(4)6-7-18-8-10-19(11-9-18)15-16(2)3/h8-11,16-17,20H,5-7,12-15H2,1-4H3. The molecule has 0 amide bonds. The second-order valence-electron chi connectivity index (χ2n) is 6.60. The minimum absolute atomic E-state index is 0.747. The van der Waals surface area contributed by atoms with Gasteiger partial charge in [-0.2, -0.15) is 0 Å². The zero-order valence-corrected chi connectivity index (χ0v) is 13.9. The van der Waals surface area contributed by atoms with Crippen LogP contribution in [-0.4, -0.2) is 13.1 Å². The van der Waals surface area contributed by atoms with Crippen LogP contribution < -0.4 is 5.32 Å². The van der Waals surface area contributed by atoms with E-state index in [0.717, 1.165) is 18.4 Å². The van der Waals surface area contributed by atoms with Crippen molar-refractivity contribution >= 4 is 0 Å². The third kappa shape index (κ3) is 7.69.